The number of amides is 1. The van der Waals surface area contributed by atoms with Crippen molar-refractivity contribution in [3.8, 4) is 5.75 Å². The summed E-state index contributed by atoms with van der Waals surface area (Å²) in [6, 6.07) is 14.0. The minimum atomic E-state index is -0.360. The Bertz CT molecular complexity index is 961. The maximum atomic E-state index is 12.9. The number of hydrogen-bond acceptors (Lipinski definition) is 5. The number of ether oxygens (including phenoxy) is 3. The van der Waals surface area contributed by atoms with Gasteiger partial charge in [-0.05, 0) is 42.8 Å². The van der Waals surface area contributed by atoms with Crippen molar-refractivity contribution in [1.29, 1.82) is 0 Å². The Morgan fingerprint density at radius 1 is 0.919 bits per heavy atom. The third-order valence-electron chi connectivity index (χ3n) is 6.68. The molecule has 37 heavy (non-hydrogen) atoms. The molecule has 204 valence electrons. The SMILES string of the molecule is CCCCCCCCOc1ccccc1C(=O)Nc1ccc(C(=O)OCC[N+]2(C)CCOCC2)cc1.[Br-]. The lowest BCUT2D eigenvalue weighted by Crippen LogP contribution is -3.00. The first-order valence-corrected chi connectivity index (χ1v) is 13.2. The molecule has 0 bridgehead atoms. The maximum absolute atomic E-state index is 12.9. The summed E-state index contributed by atoms with van der Waals surface area (Å²) in [7, 11) is 2.16. The highest BCUT2D eigenvalue weighted by Gasteiger charge is 2.25. The number of hydrogen-bond donors (Lipinski definition) is 1. The van der Waals surface area contributed by atoms with E-state index < -0.39 is 0 Å². The first-order chi connectivity index (χ1) is 17.5. The average molecular weight is 578 g/mol. The highest BCUT2D eigenvalue weighted by atomic mass is 79.9. The molecule has 0 spiro atoms. The predicted molar refractivity (Wildman–Crippen MR) is 142 cm³/mol. The summed E-state index contributed by atoms with van der Waals surface area (Å²) in [4.78, 5) is 25.3. The Balaban J connectivity index is 0.00000481. The van der Waals surface area contributed by atoms with Crippen LogP contribution in [0.3, 0.4) is 0 Å². The molecule has 3 rings (SSSR count). The van der Waals surface area contributed by atoms with Crippen LogP contribution < -0.4 is 27.0 Å². The van der Waals surface area contributed by atoms with Gasteiger partial charge in [-0.3, -0.25) is 4.79 Å². The Hall–Kier alpha value is -2.42. The van der Waals surface area contributed by atoms with E-state index >= 15 is 0 Å². The molecule has 0 aliphatic carbocycles. The van der Waals surface area contributed by atoms with Gasteiger partial charge in [-0.25, -0.2) is 4.79 Å². The van der Waals surface area contributed by atoms with Crippen molar-refractivity contribution in [1.82, 2.24) is 0 Å². The van der Waals surface area contributed by atoms with Crippen LogP contribution in [0.15, 0.2) is 48.5 Å². The van der Waals surface area contributed by atoms with Crippen LogP contribution in [0.25, 0.3) is 0 Å². The van der Waals surface area contributed by atoms with Gasteiger partial charge in [0.15, 0.2) is 0 Å². The van der Waals surface area contributed by atoms with Crippen molar-refractivity contribution in [3.05, 3.63) is 59.7 Å². The van der Waals surface area contributed by atoms with Crippen LogP contribution in [0.1, 0.15) is 66.2 Å². The highest BCUT2D eigenvalue weighted by molar-refractivity contribution is 6.06. The van der Waals surface area contributed by atoms with Gasteiger partial charge in [-0.1, -0.05) is 51.2 Å². The van der Waals surface area contributed by atoms with Crippen LogP contribution in [-0.2, 0) is 9.47 Å². The zero-order valence-electron chi connectivity index (χ0n) is 22.2. The molecular formula is C29H41BrN2O5. The third kappa shape index (κ3) is 10.5. The van der Waals surface area contributed by atoms with Gasteiger partial charge in [0.1, 0.15) is 32.0 Å². The van der Waals surface area contributed by atoms with E-state index in [-0.39, 0.29) is 28.9 Å². The lowest BCUT2D eigenvalue weighted by molar-refractivity contribution is -0.917. The van der Waals surface area contributed by atoms with Gasteiger partial charge in [0.2, 0.25) is 0 Å². The number of carbonyl (C=O) groups is 2. The number of morpholine rings is 1. The van der Waals surface area contributed by atoms with Crippen LogP contribution in [0.5, 0.6) is 5.75 Å². The molecule has 0 aromatic heterocycles. The fourth-order valence-electron chi connectivity index (χ4n) is 4.18. The van der Waals surface area contributed by atoms with Crippen molar-refractivity contribution < 1.29 is 45.3 Å². The van der Waals surface area contributed by atoms with Crippen LogP contribution in [0.2, 0.25) is 0 Å². The van der Waals surface area contributed by atoms with E-state index in [1.165, 1.54) is 25.7 Å². The van der Waals surface area contributed by atoms with E-state index in [1.807, 2.05) is 18.2 Å². The van der Waals surface area contributed by atoms with Gasteiger partial charge in [-0.2, -0.15) is 0 Å². The number of nitrogens with one attached hydrogen (secondary N) is 1. The van der Waals surface area contributed by atoms with Crippen LogP contribution in [0, 0.1) is 0 Å². The molecule has 0 radical (unpaired) electrons. The van der Waals surface area contributed by atoms with E-state index in [1.54, 1.807) is 30.3 Å². The topological polar surface area (TPSA) is 73.9 Å². The zero-order valence-corrected chi connectivity index (χ0v) is 23.8. The number of halogens is 1. The molecule has 0 unspecified atom stereocenters. The molecule has 2 aromatic carbocycles. The predicted octanol–water partition coefficient (Wildman–Crippen LogP) is 2.32. The molecule has 1 amide bonds. The molecule has 8 heteroatoms. The second-order valence-corrected chi connectivity index (χ2v) is 9.68. The Kier molecular flexibility index (Phi) is 13.7. The summed E-state index contributed by atoms with van der Waals surface area (Å²) in [5.74, 6) is -0.0205. The quantitative estimate of drug-likeness (QED) is 0.212. The van der Waals surface area contributed by atoms with Gasteiger partial charge in [0.25, 0.3) is 5.91 Å². The molecule has 1 saturated heterocycles. The molecule has 1 aliphatic rings. The minimum absolute atomic E-state index is 0. The molecule has 0 saturated carbocycles. The maximum Gasteiger partial charge on any atom is 0.338 e. The molecule has 1 fully saturated rings. The minimum Gasteiger partial charge on any atom is -1.00 e. The van der Waals surface area contributed by atoms with Gasteiger partial charge < -0.3 is 41.0 Å². The second kappa shape index (κ2) is 16.4. The lowest BCUT2D eigenvalue weighted by Gasteiger charge is -2.37. The standard InChI is InChI=1S/C29H40N2O5.BrH/c1-3-4-5-6-7-10-20-35-27-12-9-8-11-26(27)28(32)30-25-15-13-24(14-16-25)29(33)36-23-19-31(2)17-21-34-22-18-31;/h8-9,11-16H,3-7,10,17-23H2,1-2H3;1H. The average Bonchev–Trinajstić information content (AvgIpc) is 2.89. The molecule has 2 aromatic rings. The zero-order chi connectivity index (χ0) is 25.6. The summed E-state index contributed by atoms with van der Waals surface area (Å²) in [6.45, 7) is 7.29. The van der Waals surface area contributed by atoms with E-state index in [9.17, 15) is 9.59 Å². The molecular weight excluding hydrogens is 536 g/mol. The summed E-state index contributed by atoms with van der Waals surface area (Å²) >= 11 is 0. The number of unbranched alkanes of at least 4 members (excludes halogenated alkanes) is 5. The molecule has 1 aliphatic heterocycles. The number of esters is 1. The van der Waals surface area contributed by atoms with Gasteiger partial charge in [0, 0.05) is 5.69 Å². The van der Waals surface area contributed by atoms with Crippen molar-refractivity contribution >= 4 is 17.6 Å². The number of benzene rings is 2. The van der Waals surface area contributed by atoms with Gasteiger partial charge in [0.05, 0.1) is 38.0 Å². The molecule has 1 heterocycles. The summed E-state index contributed by atoms with van der Waals surface area (Å²) in [6.07, 6.45) is 7.11. The van der Waals surface area contributed by atoms with Crippen molar-refractivity contribution in [2.75, 3.05) is 58.4 Å². The first kappa shape index (κ1) is 30.8. The summed E-state index contributed by atoms with van der Waals surface area (Å²) in [5.41, 5.74) is 1.56. The van der Waals surface area contributed by atoms with E-state index in [4.69, 9.17) is 14.2 Å². The number of para-hydroxylation sites is 1. The molecule has 0 atom stereocenters. The second-order valence-electron chi connectivity index (χ2n) is 9.68. The molecule has 1 N–H and O–H groups in total. The van der Waals surface area contributed by atoms with Crippen molar-refractivity contribution in [2.24, 2.45) is 0 Å². The third-order valence-corrected chi connectivity index (χ3v) is 6.68. The van der Waals surface area contributed by atoms with Crippen LogP contribution in [0.4, 0.5) is 5.69 Å². The van der Waals surface area contributed by atoms with Crippen LogP contribution in [-0.4, -0.2) is 69.5 Å². The van der Waals surface area contributed by atoms with E-state index in [0.29, 0.717) is 35.8 Å². The normalized spacial score (nSPS) is 14.3. The largest absolute Gasteiger partial charge is 1.00 e. The number of quaternary nitrogens is 1. The summed E-state index contributed by atoms with van der Waals surface area (Å²) in [5, 5.41) is 2.90. The van der Waals surface area contributed by atoms with E-state index in [0.717, 1.165) is 50.2 Å². The Morgan fingerprint density at radius 2 is 1.59 bits per heavy atom. The smallest absolute Gasteiger partial charge is 0.338 e. The highest BCUT2D eigenvalue weighted by Crippen LogP contribution is 2.21. The first-order valence-electron chi connectivity index (χ1n) is 13.2. The van der Waals surface area contributed by atoms with Crippen LogP contribution >= 0.6 is 0 Å². The molecule has 7 nitrogen and oxygen atoms in total. The number of nitrogens with zero attached hydrogens (tertiary/aromatic N) is 1. The van der Waals surface area contributed by atoms with Crippen molar-refractivity contribution in [2.45, 2.75) is 45.4 Å². The Labute approximate surface area is 231 Å². The fraction of sp³-hybridized carbons (Fsp3) is 0.517. The van der Waals surface area contributed by atoms with Crippen molar-refractivity contribution in [3.63, 3.8) is 0 Å². The van der Waals surface area contributed by atoms with Gasteiger partial charge >= 0.3 is 5.97 Å². The number of anilines is 1. The Morgan fingerprint density at radius 3 is 2.32 bits per heavy atom. The summed E-state index contributed by atoms with van der Waals surface area (Å²) < 4.78 is 17.6. The number of rotatable bonds is 14. The number of carbonyl (C=O) groups excluding carboxylic acids is 2. The fourth-order valence-corrected chi connectivity index (χ4v) is 4.18. The van der Waals surface area contributed by atoms with Gasteiger partial charge in [-0.15, -0.1) is 0 Å². The monoisotopic (exact) mass is 576 g/mol. The lowest BCUT2D eigenvalue weighted by atomic mass is 10.1. The van der Waals surface area contributed by atoms with E-state index in [2.05, 4.69) is 19.3 Å². The number of likely N-dealkylation sites (N-methyl/N-ethyl adjacent to an activating group) is 1.